The van der Waals surface area contributed by atoms with Crippen LogP contribution >= 0.6 is 39.9 Å². The van der Waals surface area contributed by atoms with Gasteiger partial charge in [-0.1, -0.05) is 6.07 Å². The molecule has 1 heterocycles. The van der Waals surface area contributed by atoms with Gasteiger partial charge in [0.25, 0.3) is 0 Å². The van der Waals surface area contributed by atoms with E-state index in [2.05, 4.69) is 31.1 Å². The molecule has 1 fully saturated rings. The highest BCUT2D eigenvalue weighted by Crippen LogP contribution is 2.19. The van der Waals surface area contributed by atoms with Crippen molar-refractivity contribution in [1.82, 2.24) is 15.1 Å². The van der Waals surface area contributed by atoms with Crippen LogP contribution in [0.25, 0.3) is 0 Å². The zero-order chi connectivity index (χ0) is 18.4. The van der Waals surface area contributed by atoms with Crippen molar-refractivity contribution in [2.24, 2.45) is 4.99 Å². The molecular formula is C16H22BrF4IN4. The number of hydrogen-bond acceptors (Lipinski definition) is 2. The van der Waals surface area contributed by atoms with Crippen LogP contribution in [0.15, 0.2) is 27.7 Å². The van der Waals surface area contributed by atoms with E-state index >= 15 is 0 Å². The Morgan fingerprint density at radius 3 is 2.42 bits per heavy atom. The van der Waals surface area contributed by atoms with Gasteiger partial charge in [-0.05, 0) is 33.6 Å². The Hall–Kier alpha value is -0.620. The first-order valence-electron chi connectivity index (χ1n) is 7.97. The molecular weight excluding hydrogens is 531 g/mol. The molecule has 0 spiro atoms. The summed E-state index contributed by atoms with van der Waals surface area (Å²) in [4.78, 5) is 8.17. The van der Waals surface area contributed by atoms with Crippen LogP contribution in [-0.2, 0) is 6.54 Å². The molecule has 1 aliphatic heterocycles. The minimum absolute atomic E-state index is 0. The summed E-state index contributed by atoms with van der Waals surface area (Å²) in [5.41, 5.74) is 0.891. The predicted octanol–water partition coefficient (Wildman–Crippen LogP) is 3.85. The van der Waals surface area contributed by atoms with Crippen LogP contribution < -0.4 is 5.32 Å². The SMILES string of the molecule is CN=C(NCCC(F)(F)F)N1CCN(Cc2ccc(Br)c(F)c2)CC1.I. The van der Waals surface area contributed by atoms with E-state index in [-0.39, 0.29) is 36.3 Å². The summed E-state index contributed by atoms with van der Waals surface area (Å²) in [6, 6.07) is 5.07. The van der Waals surface area contributed by atoms with E-state index in [0.717, 1.165) is 18.7 Å². The van der Waals surface area contributed by atoms with Gasteiger partial charge >= 0.3 is 6.18 Å². The Bertz CT molecular complexity index is 604. The topological polar surface area (TPSA) is 30.9 Å². The number of nitrogens with zero attached hydrogens (tertiary/aromatic N) is 3. The van der Waals surface area contributed by atoms with Gasteiger partial charge in [-0.3, -0.25) is 9.89 Å². The molecule has 10 heteroatoms. The maximum Gasteiger partial charge on any atom is 0.390 e. The molecule has 1 saturated heterocycles. The van der Waals surface area contributed by atoms with Crippen molar-refractivity contribution in [2.75, 3.05) is 39.8 Å². The van der Waals surface area contributed by atoms with E-state index in [4.69, 9.17) is 0 Å². The van der Waals surface area contributed by atoms with Gasteiger partial charge in [-0.15, -0.1) is 24.0 Å². The van der Waals surface area contributed by atoms with Gasteiger partial charge < -0.3 is 10.2 Å². The Morgan fingerprint density at radius 2 is 1.88 bits per heavy atom. The number of rotatable bonds is 4. The summed E-state index contributed by atoms with van der Waals surface area (Å²) in [5, 5.41) is 2.76. The number of piperazine rings is 1. The van der Waals surface area contributed by atoms with E-state index in [9.17, 15) is 17.6 Å². The third-order valence-electron chi connectivity index (χ3n) is 3.97. The Kier molecular flexibility index (Phi) is 9.59. The van der Waals surface area contributed by atoms with E-state index in [0.29, 0.717) is 30.1 Å². The number of alkyl halides is 3. The zero-order valence-corrected chi connectivity index (χ0v) is 18.2. The van der Waals surface area contributed by atoms with Crippen LogP contribution in [0.2, 0.25) is 0 Å². The van der Waals surface area contributed by atoms with E-state index in [1.165, 1.54) is 6.07 Å². The normalized spacial score (nSPS) is 16.4. The Labute approximate surface area is 176 Å². The molecule has 26 heavy (non-hydrogen) atoms. The van der Waals surface area contributed by atoms with Gasteiger partial charge in [0.1, 0.15) is 5.82 Å². The van der Waals surface area contributed by atoms with Crippen LogP contribution in [0.4, 0.5) is 17.6 Å². The minimum atomic E-state index is -4.18. The summed E-state index contributed by atoms with van der Waals surface area (Å²) in [5.74, 6) is 0.198. The van der Waals surface area contributed by atoms with Crippen LogP contribution in [-0.4, -0.2) is 61.7 Å². The van der Waals surface area contributed by atoms with Crippen molar-refractivity contribution >= 4 is 45.9 Å². The second-order valence-electron chi connectivity index (χ2n) is 5.85. The molecule has 0 bridgehead atoms. The Balaban J connectivity index is 0.00000338. The largest absolute Gasteiger partial charge is 0.390 e. The third kappa shape index (κ3) is 7.55. The molecule has 1 aromatic carbocycles. The van der Waals surface area contributed by atoms with Crippen LogP contribution in [0.3, 0.4) is 0 Å². The summed E-state index contributed by atoms with van der Waals surface area (Å²) in [6.45, 7) is 3.23. The summed E-state index contributed by atoms with van der Waals surface area (Å²) in [6.07, 6.45) is -5.06. The number of aliphatic imine (C=N–C) groups is 1. The maximum atomic E-state index is 13.6. The molecule has 0 aromatic heterocycles. The van der Waals surface area contributed by atoms with Crippen molar-refractivity contribution in [3.05, 3.63) is 34.1 Å². The first-order chi connectivity index (χ1) is 11.8. The monoisotopic (exact) mass is 552 g/mol. The summed E-state index contributed by atoms with van der Waals surface area (Å²) in [7, 11) is 1.56. The molecule has 0 atom stereocenters. The standard InChI is InChI=1S/C16H21BrF4N4.HI/c1-22-15(23-5-4-16(19,20)21)25-8-6-24(7-9-25)11-12-2-3-13(17)14(18)10-12;/h2-3,10H,4-9,11H2,1H3,(H,22,23);1H. The fourth-order valence-electron chi connectivity index (χ4n) is 2.66. The molecule has 0 amide bonds. The van der Waals surface area contributed by atoms with Crippen LogP contribution in [0.1, 0.15) is 12.0 Å². The molecule has 4 nitrogen and oxygen atoms in total. The first-order valence-corrected chi connectivity index (χ1v) is 8.76. The highest BCUT2D eigenvalue weighted by Gasteiger charge is 2.27. The molecule has 0 radical (unpaired) electrons. The van der Waals surface area contributed by atoms with Crippen molar-refractivity contribution in [1.29, 1.82) is 0 Å². The van der Waals surface area contributed by atoms with E-state index in [1.807, 2.05) is 11.0 Å². The fourth-order valence-corrected chi connectivity index (χ4v) is 2.91. The van der Waals surface area contributed by atoms with E-state index < -0.39 is 12.6 Å². The second-order valence-corrected chi connectivity index (χ2v) is 6.71. The molecule has 0 aliphatic carbocycles. The number of guanidine groups is 1. The average Bonchev–Trinajstić information content (AvgIpc) is 2.55. The number of hydrogen-bond donors (Lipinski definition) is 1. The molecule has 2 rings (SSSR count). The summed E-state index contributed by atoms with van der Waals surface area (Å²) >= 11 is 3.13. The number of halogens is 6. The van der Waals surface area contributed by atoms with Gasteiger partial charge in [0.05, 0.1) is 10.9 Å². The quantitative estimate of drug-likeness (QED) is 0.266. The first kappa shape index (κ1) is 23.4. The fraction of sp³-hybridized carbons (Fsp3) is 0.562. The van der Waals surface area contributed by atoms with Gasteiger partial charge in [-0.25, -0.2) is 4.39 Å². The van der Waals surface area contributed by atoms with Crippen LogP contribution in [0, 0.1) is 5.82 Å². The third-order valence-corrected chi connectivity index (χ3v) is 4.61. The average molecular weight is 553 g/mol. The number of benzene rings is 1. The highest BCUT2D eigenvalue weighted by atomic mass is 127. The van der Waals surface area contributed by atoms with Crippen molar-refractivity contribution in [2.45, 2.75) is 19.1 Å². The molecule has 0 saturated carbocycles. The van der Waals surface area contributed by atoms with Gasteiger partial charge in [0.15, 0.2) is 5.96 Å². The lowest BCUT2D eigenvalue weighted by molar-refractivity contribution is -0.132. The van der Waals surface area contributed by atoms with Crippen molar-refractivity contribution in [3.8, 4) is 0 Å². The lowest BCUT2D eigenvalue weighted by atomic mass is 10.2. The predicted molar refractivity (Wildman–Crippen MR) is 108 cm³/mol. The van der Waals surface area contributed by atoms with Gasteiger partial charge in [-0.2, -0.15) is 13.2 Å². The highest BCUT2D eigenvalue weighted by molar-refractivity contribution is 14.0. The lowest BCUT2D eigenvalue weighted by Crippen LogP contribution is -2.52. The van der Waals surface area contributed by atoms with Gasteiger partial charge in [0, 0.05) is 46.3 Å². The molecule has 1 aromatic rings. The van der Waals surface area contributed by atoms with Crippen molar-refractivity contribution < 1.29 is 17.6 Å². The van der Waals surface area contributed by atoms with Crippen molar-refractivity contribution in [3.63, 3.8) is 0 Å². The smallest absolute Gasteiger partial charge is 0.356 e. The Morgan fingerprint density at radius 1 is 1.23 bits per heavy atom. The number of nitrogens with one attached hydrogen (secondary N) is 1. The summed E-state index contributed by atoms with van der Waals surface area (Å²) < 4.78 is 50.7. The molecule has 148 valence electrons. The molecule has 0 unspecified atom stereocenters. The maximum absolute atomic E-state index is 13.6. The van der Waals surface area contributed by atoms with E-state index in [1.54, 1.807) is 13.1 Å². The second kappa shape index (κ2) is 10.6. The minimum Gasteiger partial charge on any atom is -0.356 e. The molecule has 1 aliphatic rings. The molecule has 1 N–H and O–H groups in total. The van der Waals surface area contributed by atoms with Gasteiger partial charge in [0.2, 0.25) is 0 Å². The zero-order valence-electron chi connectivity index (χ0n) is 14.3. The van der Waals surface area contributed by atoms with Crippen LogP contribution in [0.5, 0.6) is 0 Å². The lowest BCUT2D eigenvalue weighted by Gasteiger charge is -2.36.